The van der Waals surface area contributed by atoms with Crippen LogP contribution in [0.2, 0.25) is 0 Å². The van der Waals surface area contributed by atoms with Crippen molar-refractivity contribution in [3.05, 3.63) is 83.9 Å². The molecule has 0 saturated carbocycles. The quantitative estimate of drug-likeness (QED) is 0.443. The molecule has 0 unspecified atom stereocenters. The van der Waals surface area contributed by atoms with Crippen molar-refractivity contribution in [3.8, 4) is 0 Å². The Bertz CT molecular complexity index is 959. The Hall–Kier alpha value is -3.38. The van der Waals surface area contributed by atoms with Crippen molar-refractivity contribution in [3.63, 3.8) is 0 Å². The van der Waals surface area contributed by atoms with Crippen LogP contribution in [0.1, 0.15) is 24.0 Å². The number of amides is 2. The van der Waals surface area contributed by atoms with Crippen LogP contribution >= 0.6 is 0 Å². The predicted molar refractivity (Wildman–Crippen MR) is 110 cm³/mol. The van der Waals surface area contributed by atoms with E-state index in [1.165, 1.54) is 0 Å². The third kappa shape index (κ3) is 6.05. The highest BCUT2D eigenvalue weighted by atomic mass is 16.6. The first-order valence-corrected chi connectivity index (χ1v) is 9.52. The summed E-state index contributed by atoms with van der Waals surface area (Å²) < 4.78 is 5.47. The van der Waals surface area contributed by atoms with Crippen LogP contribution in [0.4, 0.5) is 4.79 Å². The number of fused-ring (bicyclic) bond motifs is 1. The van der Waals surface area contributed by atoms with Gasteiger partial charge in [0.25, 0.3) is 0 Å². The number of nitrogens with zero attached hydrogens (tertiary/aromatic N) is 1. The van der Waals surface area contributed by atoms with E-state index in [2.05, 4.69) is 0 Å². The fourth-order valence-corrected chi connectivity index (χ4v) is 3.09. The molecule has 0 bridgehead atoms. The van der Waals surface area contributed by atoms with Gasteiger partial charge in [-0.25, -0.2) is 10.3 Å². The largest absolute Gasteiger partial charge is 0.445 e. The van der Waals surface area contributed by atoms with Crippen molar-refractivity contribution >= 4 is 22.8 Å². The van der Waals surface area contributed by atoms with Gasteiger partial charge in [0.2, 0.25) is 5.91 Å². The van der Waals surface area contributed by atoms with Gasteiger partial charge in [-0.15, -0.1) is 0 Å². The molecule has 2 N–H and O–H groups in total. The van der Waals surface area contributed by atoms with E-state index in [0.29, 0.717) is 19.5 Å². The van der Waals surface area contributed by atoms with Crippen LogP contribution in [-0.2, 0) is 22.7 Å². The molecule has 2 amide bonds. The normalized spacial score (nSPS) is 10.5. The monoisotopic (exact) mass is 392 g/mol. The molecule has 6 nitrogen and oxygen atoms in total. The van der Waals surface area contributed by atoms with Gasteiger partial charge in [-0.05, 0) is 34.4 Å². The topological polar surface area (TPSA) is 78.9 Å². The molecular formula is C23H24N2O4. The molecule has 150 valence electrons. The molecule has 0 heterocycles. The van der Waals surface area contributed by atoms with Crippen LogP contribution in [-0.4, -0.2) is 28.7 Å². The average Bonchev–Trinajstić information content (AvgIpc) is 2.77. The minimum atomic E-state index is -0.478. The summed E-state index contributed by atoms with van der Waals surface area (Å²) in [5.41, 5.74) is 3.50. The number of hydrogen-bond acceptors (Lipinski definition) is 4. The number of rotatable bonds is 8. The molecule has 3 aromatic carbocycles. The molecule has 0 atom stereocenters. The Morgan fingerprint density at radius 1 is 0.897 bits per heavy atom. The molecule has 0 aliphatic rings. The maximum absolute atomic E-state index is 12.7. The van der Waals surface area contributed by atoms with Gasteiger partial charge < -0.3 is 9.64 Å². The first-order valence-electron chi connectivity index (χ1n) is 9.52. The number of nitrogens with one attached hydrogen (secondary N) is 1. The molecule has 0 fully saturated rings. The van der Waals surface area contributed by atoms with Gasteiger partial charge in [-0.2, -0.15) is 0 Å². The van der Waals surface area contributed by atoms with Crippen LogP contribution in [0.3, 0.4) is 0 Å². The van der Waals surface area contributed by atoms with Crippen LogP contribution in [0.25, 0.3) is 10.8 Å². The Kier molecular flexibility index (Phi) is 7.19. The van der Waals surface area contributed by atoms with Crippen LogP contribution < -0.4 is 5.48 Å². The lowest BCUT2D eigenvalue weighted by molar-refractivity contribution is -0.129. The molecular weight excluding hydrogens is 368 g/mol. The first kappa shape index (κ1) is 20.4. The van der Waals surface area contributed by atoms with Crippen LogP contribution in [0.15, 0.2) is 72.8 Å². The molecule has 3 aromatic rings. The SMILES string of the molecule is O=C(CCCN(Cc1ccc2ccccc2c1)C(=O)OCc1ccccc1)NO. The van der Waals surface area contributed by atoms with Gasteiger partial charge in [0, 0.05) is 19.5 Å². The van der Waals surface area contributed by atoms with Crippen molar-refractivity contribution in [1.82, 2.24) is 10.4 Å². The lowest BCUT2D eigenvalue weighted by Crippen LogP contribution is -2.32. The molecule has 0 radical (unpaired) electrons. The van der Waals surface area contributed by atoms with Gasteiger partial charge in [0.1, 0.15) is 6.61 Å². The minimum Gasteiger partial charge on any atom is -0.445 e. The Morgan fingerprint density at radius 3 is 2.38 bits per heavy atom. The number of carbonyl (C=O) groups is 2. The highest BCUT2D eigenvalue weighted by Crippen LogP contribution is 2.18. The molecule has 0 aliphatic heterocycles. The summed E-state index contributed by atoms with van der Waals surface area (Å²) in [5.74, 6) is -0.478. The second kappa shape index (κ2) is 10.2. The maximum atomic E-state index is 12.7. The Labute approximate surface area is 169 Å². The molecule has 0 aliphatic carbocycles. The van der Waals surface area contributed by atoms with E-state index in [4.69, 9.17) is 9.94 Å². The van der Waals surface area contributed by atoms with E-state index in [1.807, 2.05) is 72.8 Å². The van der Waals surface area contributed by atoms with Crippen molar-refractivity contribution < 1.29 is 19.5 Å². The van der Waals surface area contributed by atoms with Gasteiger partial charge >= 0.3 is 6.09 Å². The second-order valence-corrected chi connectivity index (χ2v) is 6.78. The number of hydrogen-bond donors (Lipinski definition) is 2. The van der Waals surface area contributed by atoms with Gasteiger partial charge in [-0.1, -0.05) is 66.7 Å². The van der Waals surface area contributed by atoms with E-state index >= 15 is 0 Å². The molecule has 0 aromatic heterocycles. The minimum absolute atomic E-state index is 0.122. The maximum Gasteiger partial charge on any atom is 0.410 e. The summed E-state index contributed by atoms with van der Waals surface area (Å²) in [6, 6.07) is 23.6. The highest BCUT2D eigenvalue weighted by molar-refractivity contribution is 5.83. The predicted octanol–water partition coefficient (Wildman–Crippen LogP) is 4.26. The third-order valence-corrected chi connectivity index (χ3v) is 4.61. The fraction of sp³-hybridized carbons (Fsp3) is 0.217. The second-order valence-electron chi connectivity index (χ2n) is 6.78. The summed E-state index contributed by atoms with van der Waals surface area (Å²) in [5, 5.41) is 10.9. The van der Waals surface area contributed by atoms with Crippen molar-refractivity contribution in [2.45, 2.75) is 26.0 Å². The van der Waals surface area contributed by atoms with Crippen molar-refractivity contribution in [2.24, 2.45) is 0 Å². The van der Waals surface area contributed by atoms with Crippen LogP contribution in [0.5, 0.6) is 0 Å². The lowest BCUT2D eigenvalue weighted by atomic mass is 10.1. The zero-order valence-electron chi connectivity index (χ0n) is 16.1. The van der Waals surface area contributed by atoms with Crippen molar-refractivity contribution in [2.75, 3.05) is 6.54 Å². The van der Waals surface area contributed by atoms with E-state index in [9.17, 15) is 9.59 Å². The zero-order chi connectivity index (χ0) is 20.5. The third-order valence-electron chi connectivity index (χ3n) is 4.61. The summed E-state index contributed by atoms with van der Waals surface area (Å²) in [6.07, 6.45) is 0.100. The molecule has 29 heavy (non-hydrogen) atoms. The summed E-state index contributed by atoms with van der Waals surface area (Å²) in [4.78, 5) is 25.5. The summed E-state index contributed by atoms with van der Waals surface area (Å²) in [6.45, 7) is 0.901. The van der Waals surface area contributed by atoms with Gasteiger partial charge in [0.05, 0.1) is 0 Å². The molecule has 3 rings (SSSR count). The number of benzene rings is 3. The first-order chi connectivity index (χ1) is 14.2. The fourth-order valence-electron chi connectivity index (χ4n) is 3.09. The number of carbonyl (C=O) groups excluding carboxylic acids is 2. The standard InChI is InChI=1S/C23H24N2O4/c26-22(24-28)11-6-14-25(23(27)29-17-18-7-2-1-3-8-18)16-19-12-13-20-9-4-5-10-21(20)15-19/h1-5,7-10,12-13,15,28H,6,11,14,16-17H2,(H,24,26). The molecule has 0 spiro atoms. The highest BCUT2D eigenvalue weighted by Gasteiger charge is 2.16. The van der Waals surface area contributed by atoms with Gasteiger partial charge in [-0.3, -0.25) is 10.0 Å². The van der Waals surface area contributed by atoms with E-state index in [-0.39, 0.29) is 13.0 Å². The van der Waals surface area contributed by atoms with Gasteiger partial charge in [0.15, 0.2) is 0 Å². The lowest BCUT2D eigenvalue weighted by Gasteiger charge is -2.22. The average molecular weight is 392 g/mol. The number of hydroxylamine groups is 1. The number of ether oxygens (including phenoxy) is 1. The van der Waals surface area contributed by atoms with E-state index in [1.54, 1.807) is 10.4 Å². The Morgan fingerprint density at radius 2 is 1.62 bits per heavy atom. The molecule has 0 saturated heterocycles. The summed E-state index contributed by atoms with van der Waals surface area (Å²) in [7, 11) is 0. The zero-order valence-corrected chi connectivity index (χ0v) is 16.1. The van der Waals surface area contributed by atoms with Crippen LogP contribution in [0, 0.1) is 0 Å². The van der Waals surface area contributed by atoms with E-state index < -0.39 is 12.0 Å². The van der Waals surface area contributed by atoms with E-state index in [0.717, 1.165) is 21.9 Å². The summed E-state index contributed by atoms with van der Waals surface area (Å²) >= 11 is 0. The molecule has 6 heteroatoms. The van der Waals surface area contributed by atoms with Crippen molar-refractivity contribution in [1.29, 1.82) is 0 Å². The smallest absolute Gasteiger partial charge is 0.410 e. The Balaban J connectivity index is 1.68.